The van der Waals surface area contributed by atoms with Gasteiger partial charge < -0.3 is 29.2 Å². The Kier molecular flexibility index (Phi) is 3.15. The minimum absolute atomic E-state index is 0.0759. The van der Waals surface area contributed by atoms with Gasteiger partial charge in [-0.25, -0.2) is 4.79 Å². The fraction of sp³-hybridized carbons (Fsp3) is 0.150. The molecule has 0 fully saturated rings. The van der Waals surface area contributed by atoms with E-state index in [1.54, 1.807) is 24.3 Å². The van der Waals surface area contributed by atoms with E-state index in [1.165, 1.54) is 13.2 Å². The SMILES string of the molecule is COc1c2c(c(-c3ccc4c(c3)OCO4)c3c(O)c(O)ccc13)C(=O)OC2. The molecular weight excluding hydrogens is 352 g/mol. The largest absolute Gasteiger partial charge is 0.504 e. The Morgan fingerprint density at radius 1 is 1.00 bits per heavy atom. The number of esters is 1. The number of phenolic OH excluding ortho intramolecular Hbond substituents is 2. The Morgan fingerprint density at radius 2 is 1.81 bits per heavy atom. The summed E-state index contributed by atoms with van der Waals surface area (Å²) in [5, 5.41) is 21.6. The van der Waals surface area contributed by atoms with E-state index in [0.29, 0.717) is 50.3 Å². The first-order valence-corrected chi connectivity index (χ1v) is 8.24. The van der Waals surface area contributed by atoms with Crippen molar-refractivity contribution in [2.75, 3.05) is 13.9 Å². The molecule has 3 aromatic carbocycles. The summed E-state index contributed by atoms with van der Waals surface area (Å²) in [5.41, 5.74) is 1.99. The number of carbonyl (C=O) groups excluding carboxylic acids is 1. The van der Waals surface area contributed by atoms with Gasteiger partial charge >= 0.3 is 5.97 Å². The molecule has 7 nitrogen and oxygen atoms in total. The highest BCUT2D eigenvalue weighted by Gasteiger charge is 2.33. The normalized spacial score (nSPS) is 14.3. The van der Waals surface area contributed by atoms with Gasteiger partial charge in [0.2, 0.25) is 6.79 Å². The number of aromatic hydroxyl groups is 2. The van der Waals surface area contributed by atoms with Crippen molar-refractivity contribution < 1.29 is 34.0 Å². The lowest BCUT2D eigenvalue weighted by Gasteiger charge is -2.17. The molecule has 136 valence electrons. The van der Waals surface area contributed by atoms with Crippen LogP contribution in [0.15, 0.2) is 30.3 Å². The molecule has 0 atom stereocenters. The zero-order chi connectivity index (χ0) is 18.7. The van der Waals surface area contributed by atoms with Crippen molar-refractivity contribution in [1.29, 1.82) is 0 Å². The minimum Gasteiger partial charge on any atom is -0.504 e. The van der Waals surface area contributed by atoms with E-state index in [0.717, 1.165) is 0 Å². The number of methoxy groups -OCH3 is 1. The van der Waals surface area contributed by atoms with Crippen LogP contribution in [0.5, 0.6) is 28.7 Å². The monoisotopic (exact) mass is 366 g/mol. The molecule has 3 aromatic rings. The van der Waals surface area contributed by atoms with Gasteiger partial charge in [0.15, 0.2) is 23.0 Å². The number of benzene rings is 3. The molecule has 0 amide bonds. The molecule has 5 rings (SSSR count). The molecule has 0 radical (unpaired) electrons. The molecular formula is C20H14O7. The molecule has 0 saturated carbocycles. The first-order chi connectivity index (χ1) is 13.1. The fourth-order valence-corrected chi connectivity index (χ4v) is 3.72. The molecule has 2 heterocycles. The molecule has 0 unspecified atom stereocenters. The predicted octanol–water partition coefficient (Wildman–Crippen LogP) is 3.33. The Labute approximate surface area is 153 Å². The average Bonchev–Trinajstić information content (AvgIpc) is 3.29. The van der Waals surface area contributed by atoms with Gasteiger partial charge in [-0.05, 0) is 29.8 Å². The van der Waals surface area contributed by atoms with Gasteiger partial charge in [0.25, 0.3) is 0 Å². The maximum atomic E-state index is 12.5. The van der Waals surface area contributed by atoms with Crippen molar-refractivity contribution in [2.24, 2.45) is 0 Å². The summed E-state index contributed by atoms with van der Waals surface area (Å²) in [6.07, 6.45) is 0. The van der Waals surface area contributed by atoms with Crippen molar-refractivity contribution >= 4 is 16.7 Å². The number of hydrogen-bond acceptors (Lipinski definition) is 7. The van der Waals surface area contributed by atoms with Crippen molar-refractivity contribution in [3.8, 4) is 39.9 Å². The van der Waals surface area contributed by atoms with Crippen LogP contribution in [0.2, 0.25) is 0 Å². The van der Waals surface area contributed by atoms with E-state index in [-0.39, 0.29) is 24.9 Å². The van der Waals surface area contributed by atoms with Crippen LogP contribution in [-0.4, -0.2) is 30.1 Å². The van der Waals surface area contributed by atoms with Gasteiger partial charge in [0.05, 0.1) is 12.7 Å². The molecule has 0 aliphatic carbocycles. The highest BCUT2D eigenvalue weighted by atomic mass is 16.7. The highest BCUT2D eigenvalue weighted by molar-refractivity contribution is 6.15. The number of cyclic esters (lactones) is 1. The zero-order valence-corrected chi connectivity index (χ0v) is 14.2. The average molecular weight is 366 g/mol. The topological polar surface area (TPSA) is 94.5 Å². The smallest absolute Gasteiger partial charge is 0.339 e. The first kappa shape index (κ1) is 15.6. The first-order valence-electron chi connectivity index (χ1n) is 8.24. The third kappa shape index (κ3) is 2.05. The Hall–Kier alpha value is -3.61. The molecule has 0 aromatic heterocycles. The van der Waals surface area contributed by atoms with Gasteiger partial charge in [-0.15, -0.1) is 0 Å². The molecule has 7 heteroatoms. The van der Waals surface area contributed by atoms with Gasteiger partial charge in [-0.1, -0.05) is 6.07 Å². The van der Waals surface area contributed by atoms with Crippen molar-refractivity contribution in [1.82, 2.24) is 0 Å². The number of ether oxygens (including phenoxy) is 4. The summed E-state index contributed by atoms with van der Waals surface area (Å²) in [4.78, 5) is 12.5. The van der Waals surface area contributed by atoms with Crippen LogP contribution in [0.3, 0.4) is 0 Å². The number of rotatable bonds is 2. The Bertz CT molecular complexity index is 1130. The molecule has 2 N–H and O–H groups in total. The fourth-order valence-electron chi connectivity index (χ4n) is 3.72. The van der Waals surface area contributed by atoms with Crippen LogP contribution in [0.25, 0.3) is 21.9 Å². The van der Waals surface area contributed by atoms with Crippen LogP contribution in [0.4, 0.5) is 0 Å². The summed E-state index contributed by atoms with van der Waals surface area (Å²) in [7, 11) is 1.49. The number of fused-ring (bicyclic) bond motifs is 3. The zero-order valence-electron chi connectivity index (χ0n) is 14.2. The molecule has 2 aliphatic rings. The van der Waals surface area contributed by atoms with Crippen molar-refractivity contribution in [3.63, 3.8) is 0 Å². The summed E-state index contributed by atoms with van der Waals surface area (Å²) in [5.74, 6) is 0.434. The van der Waals surface area contributed by atoms with E-state index in [9.17, 15) is 15.0 Å². The highest BCUT2D eigenvalue weighted by Crippen LogP contribution is 2.50. The van der Waals surface area contributed by atoms with E-state index in [2.05, 4.69) is 0 Å². The van der Waals surface area contributed by atoms with Gasteiger partial charge in [0, 0.05) is 21.9 Å². The lowest BCUT2D eigenvalue weighted by molar-refractivity contribution is 0.0535. The second-order valence-electron chi connectivity index (χ2n) is 6.26. The van der Waals surface area contributed by atoms with E-state index >= 15 is 0 Å². The van der Waals surface area contributed by atoms with Gasteiger partial charge in [-0.3, -0.25) is 0 Å². The Morgan fingerprint density at radius 3 is 2.63 bits per heavy atom. The third-order valence-electron chi connectivity index (χ3n) is 4.89. The summed E-state index contributed by atoms with van der Waals surface area (Å²) < 4.78 is 21.5. The quantitative estimate of drug-likeness (QED) is 0.531. The van der Waals surface area contributed by atoms with Crippen molar-refractivity contribution in [2.45, 2.75) is 6.61 Å². The predicted molar refractivity (Wildman–Crippen MR) is 94.5 cm³/mol. The van der Waals surface area contributed by atoms with Crippen LogP contribution in [0.1, 0.15) is 15.9 Å². The van der Waals surface area contributed by atoms with E-state index in [4.69, 9.17) is 18.9 Å². The lowest BCUT2D eigenvalue weighted by Crippen LogP contribution is -2.01. The van der Waals surface area contributed by atoms with E-state index < -0.39 is 5.97 Å². The summed E-state index contributed by atoms with van der Waals surface area (Å²) in [6, 6.07) is 8.26. The molecule has 0 bridgehead atoms. The van der Waals surface area contributed by atoms with Crippen molar-refractivity contribution in [3.05, 3.63) is 41.5 Å². The molecule has 0 saturated heterocycles. The molecule has 0 spiro atoms. The summed E-state index contributed by atoms with van der Waals surface area (Å²) in [6.45, 7) is 0.195. The second-order valence-corrected chi connectivity index (χ2v) is 6.26. The van der Waals surface area contributed by atoms with Crippen LogP contribution < -0.4 is 14.2 Å². The summed E-state index contributed by atoms with van der Waals surface area (Å²) >= 11 is 0. The van der Waals surface area contributed by atoms with Crippen LogP contribution >= 0.6 is 0 Å². The minimum atomic E-state index is -0.513. The van der Waals surface area contributed by atoms with E-state index in [1.807, 2.05) is 0 Å². The third-order valence-corrected chi connectivity index (χ3v) is 4.89. The standard InChI is InChI=1S/C20H14O7/c1-24-19-10-3-4-12(21)18(22)16(10)15(17-11(19)7-25-20(17)23)9-2-5-13-14(6-9)27-8-26-13/h2-6,21-22H,7-8H2,1H3. The molecule has 27 heavy (non-hydrogen) atoms. The lowest BCUT2D eigenvalue weighted by atomic mass is 9.89. The number of hydrogen-bond donors (Lipinski definition) is 2. The van der Waals surface area contributed by atoms with Crippen LogP contribution in [0, 0.1) is 0 Å². The Balaban J connectivity index is 1.95. The second kappa shape index (κ2) is 5.44. The van der Waals surface area contributed by atoms with Crippen LogP contribution in [-0.2, 0) is 11.3 Å². The number of carbonyl (C=O) groups is 1. The van der Waals surface area contributed by atoms with Gasteiger partial charge in [0.1, 0.15) is 12.4 Å². The number of phenols is 2. The van der Waals surface area contributed by atoms with Gasteiger partial charge in [-0.2, -0.15) is 0 Å². The maximum Gasteiger partial charge on any atom is 0.339 e. The maximum absolute atomic E-state index is 12.5. The molecule has 2 aliphatic heterocycles.